The van der Waals surface area contributed by atoms with Gasteiger partial charge in [-0.15, -0.1) is 24.8 Å². The maximum atomic E-state index is 6.56. The van der Waals surface area contributed by atoms with Crippen molar-refractivity contribution in [2.75, 3.05) is 26.2 Å². The third kappa shape index (κ3) is 6.57. The van der Waals surface area contributed by atoms with Crippen LogP contribution >= 0.6 is 24.8 Å². The van der Waals surface area contributed by atoms with Gasteiger partial charge in [-0.25, -0.2) is 0 Å². The highest BCUT2D eigenvalue weighted by atomic mass is 35.5. The molecule has 1 aliphatic rings. The Morgan fingerprint density at radius 1 is 0.885 bits per heavy atom. The van der Waals surface area contributed by atoms with Crippen molar-refractivity contribution in [3.63, 3.8) is 0 Å². The summed E-state index contributed by atoms with van der Waals surface area (Å²) in [7, 11) is 0. The molecule has 2 aromatic carbocycles. The summed E-state index contributed by atoms with van der Waals surface area (Å²) >= 11 is 0. The largest absolute Gasteiger partial charge is 0.365 e. The van der Waals surface area contributed by atoms with Gasteiger partial charge >= 0.3 is 0 Å². The van der Waals surface area contributed by atoms with Gasteiger partial charge in [0.05, 0.1) is 6.10 Å². The standard InChI is InChI=1S/C21H28N2O.2ClH/c22-14-7-15-23-16-12-20(13-17-23)24-21(18-8-3-1-4-9-18)19-10-5-2-6-11-19;;/h1-6,8-11,20-21H,7,12-17,22H2;2*1H. The van der Waals surface area contributed by atoms with E-state index in [-0.39, 0.29) is 30.9 Å². The van der Waals surface area contributed by atoms with Crippen molar-refractivity contribution in [3.05, 3.63) is 71.8 Å². The first-order valence-electron chi connectivity index (χ1n) is 9.04. The quantitative estimate of drug-likeness (QED) is 0.750. The first kappa shape index (κ1) is 22.9. The lowest BCUT2D eigenvalue weighted by Gasteiger charge is -2.34. The van der Waals surface area contributed by atoms with E-state index in [4.69, 9.17) is 10.5 Å². The number of rotatable bonds is 7. The van der Waals surface area contributed by atoms with Gasteiger partial charge in [0.1, 0.15) is 6.10 Å². The van der Waals surface area contributed by atoms with Crippen molar-refractivity contribution in [2.45, 2.75) is 31.5 Å². The van der Waals surface area contributed by atoms with E-state index >= 15 is 0 Å². The number of nitrogens with zero attached hydrogens (tertiary/aromatic N) is 1. The topological polar surface area (TPSA) is 38.5 Å². The molecule has 0 unspecified atom stereocenters. The van der Waals surface area contributed by atoms with Crippen LogP contribution in [0.2, 0.25) is 0 Å². The lowest BCUT2D eigenvalue weighted by Crippen LogP contribution is -2.38. The second kappa shape index (κ2) is 12.3. The van der Waals surface area contributed by atoms with E-state index in [1.54, 1.807) is 0 Å². The summed E-state index contributed by atoms with van der Waals surface area (Å²) in [6.07, 6.45) is 3.63. The Labute approximate surface area is 169 Å². The molecule has 0 atom stereocenters. The fourth-order valence-corrected chi connectivity index (χ4v) is 3.38. The van der Waals surface area contributed by atoms with E-state index in [2.05, 4.69) is 65.6 Å². The van der Waals surface area contributed by atoms with Gasteiger partial charge in [-0.1, -0.05) is 60.7 Å². The van der Waals surface area contributed by atoms with Gasteiger partial charge in [-0.05, 0) is 43.5 Å². The highest BCUT2D eigenvalue weighted by Gasteiger charge is 2.24. The molecular formula is C21H30Cl2N2O. The number of halogens is 2. The smallest absolute Gasteiger partial charge is 0.108 e. The van der Waals surface area contributed by atoms with E-state index in [1.165, 1.54) is 11.1 Å². The summed E-state index contributed by atoms with van der Waals surface area (Å²) in [6.45, 7) is 4.12. The van der Waals surface area contributed by atoms with Crippen LogP contribution in [0.15, 0.2) is 60.7 Å². The molecule has 3 rings (SSSR count). The molecule has 0 aliphatic carbocycles. The Bertz CT molecular complexity index is 550. The van der Waals surface area contributed by atoms with Gasteiger partial charge in [-0.2, -0.15) is 0 Å². The number of likely N-dealkylation sites (tertiary alicyclic amines) is 1. The Morgan fingerprint density at radius 2 is 1.38 bits per heavy atom. The highest BCUT2D eigenvalue weighted by Crippen LogP contribution is 2.29. The SMILES string of the molecule is Cl.Cl.NCCCN1CCC(OC(c2ccccc2)c2ccccc2)CC1. The molecule has 0 radical (unpaired) electrons. The van der Waals surface area contributed by atoms with Crippen molar-refractivity contribution >= 4 is 24.8 Å². The van der Waals surface area contributed by atoms with Crippen LogP contribution in [0.5, 0.6) is 0 Å². The number of piperidine rings is 1. The summed E-state index contributed by atoms with van der Waals surface area (Å²) in [5.74, 6) is 0. The zero-order chi connectivity index (χ0) is 16.6. The molecule has 3 nitrogen and oxygen atoms in total. The Balaban J connectivity index is 0.00000169. The summed E-state index contributed by atoms with van der Waals surface area (Å²) in [5.41, 5.74) is 8.08. The number of hydrogen-bond donors (Lipinski definition) is 1. The average Bonchev–Trinajstić information content (AvgIpc) is 2.67. The zero-order valence-electron chi connectivity index (χ0n) is 15.1. The Hall–Kier alpha value is -1.10. The van der Waals surface area contributed by atoms with E-state index in [9.17, 15) is 0 Å². The van der Waals surface area contributed by atoms with Crippen molar-refractivity contribution in [3.8, 4) is 0 Å². The molecule has 1 aliphatic heterocycles. The van der Waals surface area contributed by atoms with Crippen LogP contribution in [0.1, 0.15) is 36.5 Å². The molecule has 1 fully saturated rings. The molecule has 0 spiro atoms. The molecular weight excluding hydrogens is 367 g/mol. The minimum Gasteiger partial charge on any atom is -0.365 e. The Morgan fingerprint density at radius 3 is 1.85 bits per heavy atom. The van der Waals surface area contributed by atoms with Crippen LogP contribution < -0.4 is 5.73 Å². The molecule has 0 saturated carbocycles. The predicted octanol–water partition coefficient (Wildman–Crippen LogP) is 4.45. The van der Waals surface area contributed by atoms with Crippen molar-refractivity contribution in [1.29, 1.82) is 0 Å². The monoisotopic (exact) mass is 396 g/mol. The predicted molar refractivity (Wildman–Crippen MR) is 113 cm³/mol. The molecule has 0 bridgehead atoms. The molecule has 1 saturated heterocycles. The Kier molecular flexibility index (Phi) is 10.9. The summed E-state index contributed by atoms with van der Waals surface area (Å²) in [6, 6.07) is 21.1. The van der Waals surface area contributed by atoms with Gasteiger partial charge in [0, 0.05) is 13.1 Å². The fourth-order valence-electron chi connectivity index (χ4n) is 3.38. The van der Waals surface area contributed by atoms with E-state index < -0.39 is 0 Å². The molecule has 2 N–H and O–H groups in total. The molecule has 26 heavy (non-hydrogen) atoms. The first-order valence-corrected chi connectivity index (χ1v) is 9.04. The second-order valence-corrected chi connectivity index (χ2v) is 6.52. The summed E-state index contributed by atoms with van der Waals surface area (Å²) in [5, 5.41) is 0. The van der Waals surface area contributed by atoms with Gasteiger partial charge in [0.15, 0.2) is 0 Å². The third-order valence-electron chi connectivity index (χ3n) is 4.75. The van der Waals surface area contributed by atoms with Crippen LogP contribution in [0.3, 0.4) is 0 Å². The third-order valence-corrected chi connectivity index (χ3v) is 4.75. The second-order valence-electron chi connectivity index (χ2n) is 6.52. The maximum absolute atomic E-state index is 6.56. The van der Waals surface area contributed by atoms with Crippen LogP contribution in [0.25, 0.3) is 0 Å². The van der Waals surface area contributed by atoms with Crippen molar-refractivity contribution in [1.82, 2.24) is 4.90 Å². The van der Waals surface area contributed by atoms with Crippen LogP contribution in [0, 0.1) is 0 Å². The number of hydrogen-bond acceptors (Lipinski definition) is 3. The van der Waals surface area contributed by atoms with Gasteiger partial charge in [0.2, 0.25) is 0 Å². The number of nitrogens with two attached hydrogens (primary N) is 1. The maximum Gasteiger partial charge on any atom is 0.108 e. The van der Waals surface area contributed by atoms with Gasteiger partial charge < -0.3 is 15.4 Å². The van der Waals surface area contributed by atoms with E-state index in [0.29, 0.717) is 6.10 Å². The van der Waals surface area contributed by atoms with Crippen molar-refractivity contribution in [2.24, 2.45) is 5.73 Å². The number of benzene rings is 2. The molecule has 1 heterocycles. The lowest BCUT2D eigenvalue weighted by atomic mass is 10.00. The summed E-state index contributed by atoms with van der Waals surface area (Å²) < 4.78 is 6.56. The van der Waals surface area contributed by atoms with E-state index in [0.717, 1.165) is 45.4 Å². The molecule has 0 amide bonds. The van der Waals surface area contributed by atoms with Crippen LogP contribution in [-0.4, -0.2) is 37.2 Å². The zero-order valence-corrected chi connectivity index (χ0v) is 16.8. The average molecular weight is 397 g/mol. The van der Waals surface area contributed by atoms with Crippen LogP contribution in [-0.2, 0) is 4.74 Å². The molecule has 0 aromatic heterocycles. The summed E-state index contributed by atoms with van der Waals surface area (Å²) in [4.78, 5) is 2.51. The van der Waals surface area contributed by atoms with E-state index in [1.807, 2.05) is 0 Å². The molecule has 2 aromatic rings. The first-order chi connectivity index (χ1) is 11.9. The normalized spacial score (nSPS) is 15.3. The molecule has 5 heteroatoms. The molecule has 144 valence electrons. The number of ether oxygens (including phenoxy) is 1. The minimum absolute atomic E-state index is 0. The lowest BCUT2D eigenvalue weighted by molar-refractivity contribution is -0.0269. The van der Waals surface area contributed by atoms with Gasteiger partial charge in [-0.3, -0.25) is 0 Å². The fraction of sp³-hybridized carbons (Fsp3) is 0.429. The van der Waals surface area contributed by atoms with Crippen molar-refractivity contribution < 1.29 is 4.74 Å². The van der Waals surface area contributed by atoms with Crippen LogP contribution in [0.4, 0.5) is 0 Å². The highest BCUT2D eigenvalue weighted by molar-refractivity contribution is 5.85. The van der Waals surface area contributed by atoms with Gasteiger partial charge in [0.25, 0.3) is 0 Å². The minimum atomic E-state index is 0.